The summed E-state index contributed by atoms with van der Waals surface area (Å²) in [5.41, 5.74) is 1.75. The van der Waals surface area contributed by atoms with Gasteiger partial charge in [0.1, 0.15) is 17.2 Å². The molecule has 0 bridgehead atoms. The van der Waals surface area contributed by atoms with Crippen LogP contribution in [0.1, 0.15) is 19.5 Å². The monoisotopic (exact) mass is 396 g/mol. The van der Waals surface area contributed by atoms with Crippen molar-refractivity contribution >= 4 is 5.97 Å². The van der Waals surface area contributed by atoms with Crippen molar-refractivity contribution in [2.24, 2.45) is 0 Å². The minimum atomic E-state index is -1.32. The Labute approximate surface area is 169 Å². The van der Waals surface area contributed by atoms with Gasteiger partial charge in [0, 0.05) is 5.56 Å². The molecule has 7 nitrogen and oxygen atoms in total. The number of aromatic nitrogens is 2. The Morgan fingerprint density at radius 3 is 2.52 bits per heavy atom. The van der Waals surface area contributed by atoms with Gasteiger partial charge in [0.25, 0.3) is 0 Å². The summed E-state index contributed by atoms with van der Waals surface area (Å²) in [4.78, 5) is 11.3. The molecule has 1 N–H and O–H groups in total. The lowest BCUT2D eigenvalue weighted by Crippen LogP contribution is -2.34. The molecule has 3 rings (SSSR count). The number of ether oxygens (including phenoxy) is 3. The van der Waals surface area contributed by atoms with E-state index in [1.54, 1.807) is 18.9 Å². The molecule has 0 atom stereocenters. The van der Waals surface area contributed by atoms with Gasteiger partial charge in [0.05, 0.1) is 32.2 Å². The molecule has 0 saturated heterocycles. The highest BCUT2D eigenvalue weighted by Gasteiger charge is 2.28. The van der Waals surface area contributed by atoms with Crippen LogP contribution in [0.15, 0.2) is 54.6 Å². The largest absolute Gasteiger partial charge is 0.497 e. The third kappa shape index (κ3) is 4.41. The fourth-order valence-electron chi connectivity index (χ4n) is 2.79. The van der Waals surface area contributed by atoms with Gasteiger partial charge in [-0.1, -0.05) is 24.3 Å². The smallest absolute Gasteiger partial charge is 0.335 e. The first kappa shape index (κ1) is 20.4. The molecule has 29 heavy (non-hydrogen) atoms. The fourth-order valence-corrected chi connectivity index (χ4v) is 2.79. The van der Waals surface area contributed by atoms with E-state index in [9.17, 15) is 9.90 Å². The Morgan fingerprint density at radius 2 is 1.83 bits per heavy atom. The summed E-state index contributed by atoms with van der Waals surface area (Å²) < 4.78 is 18.2. The fraction of sp³-hybridized carbons (Fsp3) is 0.273. The predicted molar refractivity (Wildman–Crippen MR) is 109 cm³/mol. The molecule has 0 aliphatic carbocycles. The maximum atomic E-state index is 11.3. The third-order valence-corrected chi connectivity index (χ3v) is 4.53. The SMILES string of the molecule is COc1cccc(-c2cc(COC(C)(C)C(=O)O)nn2-c2ccccc2OC)c1. The number of nitrogens with zero attached hydrogens (tertiary/aromatic N) is 2. The van der Waals surface area contributed by atoms with Crippen LogP contribution in [0, 0.1) is 0 Å². The second-order valence-corrected chi connectivity index (χ2v) is 6.94. The Balaban J connectivity index is 2.07. The number of carboxylic acids is 1. The van der Waals surface area contributed by atoms with E-state index in [0.717, 1.165) is 22.7 Å². The van der Waals surface area contributed by atoms with E-state index >= 15 is 0 Å². The highest BCUT2D eigenvalue weighted by Crippen LogP contribution is 2.31. The van der Waals surface area contributed by atoms with Crippen LogP contribution in [-0.4, -0.2) is 40.7 Å². The van der Waals surface area contributed by atoms with E-state index in [1.807, 2.05) is 54.6 Å². The van der Waals surface area contributed by atoms with Gasteiger partial charge in [0.15, 0.2) is 5.60 Å². The molecule has 0 amide bonds. The Kier molecular flexibility index (Phi) is 5.89. The number of rotatable bonds is 8. The van der Waals surface area contributed by atoms with Gasteiger partial charge >= 0.3 is 5.97 Å². The van der Waals surface area contributed by atoms with E-state index in [4.69, 9.17) is 14.2 Å². The molecule has 3 aromatic rings. The lowest BCUT2D eigenvalue weighted by atomic mass is 10.1. The zero-order valence-corrected chi connectivity index (χ0v) is 16.9. The van der Waals surface area contributed by atoms with Crippen molar-refractivity contribution in [2.75, 3.05) is 14.2 Å². The van der Waals surface area contributed by atoms with Crippen molar-refractivity contribution in [3.63, 3.8) is 0 Å². The number of benzene rings is 2. The van der Waals surface area contributed by atoms with Crippen molar-refractivity contribution in [2.45, 2.75) is 26.1 Å². The molecule has 0 aliphatic heterocycles. The van der Waals surface area contributed by atoms with Crippen LogP contribution < -0.4 is 9.47 Å². The van der Waals surface area contributed by atoms with E-state index in [2.05, 4.69) is 5.10 Å². The normalized spacial score (nSPS) is 11.3. The van der Waals surface area contributed by atoms with Crippen LogP contribution in [0.2, 0.25) is 0 Å². The molecule has 0 unspecified atom stereocenters. The van der Waals surface area contributed by atoms with Crippen LogP contribution in [0.3, 0.4) is 0 Å². The number of para-hydroxylation sites is 2. The van der Waals surface area contributed by atoms with Crippen molar-refractivity contribution in [3.05, 3.63) is 60.3 Å². The average molecular weight is 396 g/mol. The lowest BCUT2D eigenvalue weighted by Gasteiger charge is -2.19. The Bertz CT molecular complexity index is 1010. The number of carboxylic acid groups (broad SMARTS) is 1. The first-order chi connectivity index (χ1) is 13.9. The van der Waals surface area contributed by atoms with Gasteiger partial charge < -0.3 is 19.3 Å². The second-order valence-electron chi connectivity index (χ2n) is 6.94. The molecule has 1 heterocycles. The molecule has 0 spiro atoms. The van der Waals surface area contributed by atoms with Crippen LogP contribution in [0.5, 0.6) is 11.5 Å². The second kappa shape index (κ2) is 8.36. The van der Waals surface area contributed by atoms with E-state index < -0.39 is 11.6 Å². The molecular weight excluding hydrogens is 372 g/mol. The van der Waals surface area contributed by atoms with E-state index in [-0.39, 0.29) is 6.61 Å². The number of carbonyl (C=O) groups is 1. The number of hydrogen-bond acceptors (Lipinski definition) is 5. The molecule has 0 fully saturated rings. The standard InChI is InChI=1S/C22H24N2O5/c1-22(2,21(25)26)29-14-16-13-19(15-8-7-9-17(12-15)27-3)24(23-16)18-10-5-6-11-20(18)28-4/h5-13H,14H2,1-4H3,(H,25,26). The van der Waals surface area contributed by atoms with Crippen LogP contribution >= 0.6 is 0 Å². The highest BCUT2D eigenvalue weighted by atomic mass is 16.5. The number of methoxy groups -OCH3 is 2. The van der Waals surface area contributed by atoms with Crippen molar-refractivity contribution < 1.29 is 24.1 Å². The summed E-state index contributed by atoms with van der Waals surface area (Å²) in [5.74, 6) is 0.354. The minimum absolute atomic E-state index is 0.0540. The van der Waals surface area contributed by atoms with Gasteiger partial charge in [0.2, 0.25) is 0 Å². The average Bonchev–Trinajstić information content (AvgIpc) is 3.16. The summed E-state index contributed by atoms with van der Waals surface area (Å²) in [6, 6.07) is 17.1. The number of aliphatic carboxylic acids is 1. The van der Waals surface area contributed by atoms with Crippen molar-refractivity contribution in [1.82, 2.24) is 9.78 Å². The van der Waals surface area contributed by atoms with Gasteiger partial charge in [-0.05, 0) is 44.2 Å². The summed E-state index contributed by atoms with van der Waals surface area (Å²) in [6.07, 6.45) is 0. The maximum Gasteiger partial charge on any atom is 0.335 e. The van der Waals surface area contributed by atoms with Gasteiger partial charge in [-0.25, -0.2) is 9.48 Å². The van der Waals surface area contributed by atoms with Gasteiger partial charge in [-0.15, -0.1) is 0 Å². The van der Waals surface area contributed by atoms with Crippen LogP contribution in [-0.2, 0) is 16.1 Å². The summed E-state index contributed by atoms with van der Waals surface area (Å²) in [6.45, 7) is 3.07. The number of hydrogen-bond donors (Lipinski definition) is 1. The van der Waals surface area contributed by atoms with Gasteiger partial charge in [-0.2, -0.15) is 5.10 Å². The summed E-state index contributed by atoms with van der Waals surface area (Å²) >= 11 is 0. The quantitative estimate of drug-likeness (QED) is 0.621. The van der Waals surface area contributed by atoms with Crippen LogP contribution in [0.25, 0.3) is 16.9 Å². The molecule has 0 saturated carbocycles. The first-order valence-electron chi connectivity index (χ1n) is 9.10. The predicted octanol–water partition coefficient (Wildman–Crippen LogP) is 3.94. The van der Waals surface area contributed by atoms with Gasteiger partial charge in [-0.3, -0.25) is 0 Å². The zero-order chi connectivity index (χ0) is 21.0. The molecule has 2 aromatic carbocycles. The van der Waals surface area contributed by atoms with Crippen molar-refractivity contribution in [1.29, 1.82) is 0 Å². The molecule has 0 radical (unpaired) electrons. The molecule has 152 valence electrons. The third-order valence-electron chi connectivity index (χ3n) is 4.53. The van der Waals surface area contributed by atoms with E-state index in [0.29, 0.717) is 11.4 Å². The molecule has 0 aliphatic rings. The molecule has 1 aromatic heterocycles. The summed E-state index contributed by atoms with van der Waals surface area (Å²) in [5, 5.41) is 13.9. The zero-order valence-electron chi connectivity index (χ0n) is 16.9. The minimum Gasteiger partial charge on any atom is -0.497 e. The van der Waals surface area contributed by atoms with Crippen LogP contribution in [0.4, 0.5) is 0 Å². The van der Waals surface area contributed by atoms with E-state index in [1.165, 1.54) is 13.8 Å². The lowest BCUT2D eigenvalue weighted by molar-refractivity contribution is -0.162. The Morgan fingerprint density at radius 1 is 1.07 bits per heavy atom. The topological polar surface area (TPSA) is 82.8 Å². The first-order valence-corrected chi connectivity index (χ1v) is 9.10. The highest BCUT2D eigenvalue weighted by molar-refractivity contribution is 5.76. The molecular formula is C22H24N2O5. The maximum absolute atomic E-state index is 11.3. The Hall–Kier alpha value is -3.32. The van der Waals surface area contributed by atoms with Crippen molar-refractivity contribution in [3.8, 4) is 28.4 Å². The molecule has 7 heteroatoms. The summed E-state index contributed by atoms with van der Waals surface area (Å²) in [7, 11) is 3.22.